The lowest BCUT2D eigenvalue weighted by atomic mass is 10.2. The van der Waals surface area contributed by atoms with Crippen molar-refractivity contribution >= 4 is 5.69 Å². The van der Waals surface area contributed by atoms with E-state index in [-0.39, 0.29) is 11.3 Å². The van der Waals surface area contributed by atoms with Gasteiger partial charge in [0.2, 0.25) is 0 Å². The van der Waals surface area contributed by atoms with Crippen molar-refractivity contribution < 1.29 is 13.5 Å². The molecule has 15 heavy (non-hydrogen) atoms. The minimum atomic E-state index is -0.775. The number of ether oxygens (including phenoxy) is 1. The Bertz CT molecular complexity index is 364. The van der Waals surface area contributed by atoms with Crippen molar-refractivity contribution in [3.05, 3.63) is 29.3 Å². The summed E-state index contributed by atoms with van der Waals surface area (Å²) in [6.07, 6.45) is 0. The van der Waals surface area contributed by atoms with Crippen molar-refractivity contribution in [1.82, 2.24) is 0 Å². The quantitative estimate of drug-likeness (QED) is 0.775. The molecule has 0 saturated carbocycles. The third kappa shape index (κ3) is 2.89. The lowest BCUT2D eigenvalue weighted by Gasteiger charge is -2.08. The van der Waals surface area contributed by atoms with Gasteiger partial charge in [-0.2, -0.15) is 5.26 Å². The van der Waals surface area contributed by atoms with Crippen LogP contribution in [0.4, 0.5) is 14.5 Å². The smallest absolute Gasteiger partial charge is 0.150 e. The highest BCUT2D eigenvalue weighted by molar-refractivity contribution is 5.50. The molecule has 1 aromatic rings. The molecule has 3 nitrogen and oxygen atoms in total. The molecule has 0 aliphatic carbocycles. The first-order chi connectivity index (χ1) is 7.19. The Morgan fingerprint density at radius 2 is 2.00 bits per heavy atom. The van der Waals surface area contributed by atoms with E-state index in [2.05, 4.69) is 5.32 Å². The summed E-state index contributed by atoms with van der Waals surface area (Å²) in [5.41, 5.74) is -0.270. The summed E-state index contributed by atoms with van der Waals surface area (Å²) in [4.78, 5) is 0. The number of halogens is 2. The topological polar surface area (TPSA) is 45.0 Å². The highest BCUT2D eigenvalue weighted by Gasteiger charge is 2.10. The Morgan fingerprint density at radius 1 is 1.40 bits per heavy atom. The van der Waals surface area contributed by atoms with Gasteiger partial charge >= 0.3 is 0 Å². The molecule has 1 aromatic carbocycles. The normalized spacial score (nSPS) is 9.73. The number of hydrogen-bond acceptors (Lipinski definition) is 3. The highest BCUT2D eigenvalue weighted by Crippen LogP contribution is 2.20. The van der Waals surface area contributed by atoms with Gasteiger partial charge in [-0.05, 0) is 12.1 Å². The molecule has 0 aliphatic heterocycles. The predicted octanol–water partition coefficient (Wildman–Crippen LogP) is 1.89. The van der Waals surface area contributed by atoms with Gasteiger partial charge < -0.3 is 10.1 Å². The molecule has 0 atom stereocenters. The van der Waals surface area contributed by atoms with Crippen LogP contribution < -0.4 is 5.32 Å². The number of hydrogen-bond donors (Lipinski definition) is 1. The van der Waals surface area contributed by atoms with Crippen LogP contribution in [0.3, 0.4) is 0 Å². The monoisotopic (exact) mass is 212 g/mol. The van der Waals surface area contributed by atoms with Gasteiger partial charge in [0.15, 0.2) is 11.6 Å². The van der Waals surface area contributed by atoms with Crippen molar-refractivity contribution in [2.45, 2.75) is 0 Å². The zero-order valence-corrected chi connectivity index (χ0v) is 8.18. The second-order valence-corrected chi connectivity index (χ2v) is 2.85. The maximum Gasteiger partial charge on any atom is 0.150 e. The van der Waals surface area contributed by atoms with Gasteiger partial charge in [0, 0.05) is 13.7 Å². The van der Waals surface area contributed by atoms with Crippen LogP contribution in [0, 0.1) is 23.0 Å². The van der Waals surface area contributed by atoms with Crippen molar-refractivity contribution in [3.8, 4) is 6.07 Å². The van der Waals surface area contributed by atoms with E-state index in [1.165, 1.54) is 7.11 Å². The van der Waals surface area contributed by atoms with Crippen molar-refractivity contribution in [2.24, 2.45) is 0 Å². The Morgan fingerprint density at radius 3 is 2.47 bits per heavy atom. The van der Waals surface area contributed by atoms with Gasteiger partial charge in [-0.15, -0.1) is 0 Å². The van der Waals surface area contributed by atoms with Crippen LogP contribution in [0.15, 0.2) is 12.1 Å². The van der Waals surface area contributed by atoms with Crippen LogP contribution in [0.5, 0.6) is 0 Å². The maximum atomic E-state index is 13.2. The summed E-state index contributed by atoms with van der Waals surface area (Å²) in [5.74, 6) is -1.55. The Labute approximate surface area is 86.3 Å². The molecule has 0 radical (unpaired) electrons. The van der Waals surface area contributed by atoms with E-state index in [0.717, 1.165) is 12.1 Å². The summed E-state index contributed by atoms with van der Waals surface area (Å²) >= 11 is 0. The maximum absolute atomic E-state index is 13.2. The Balaban J connectivity index is 2.85. The second kappa shape index (κ2) is 5.27. The highest BCUT2D eigenvalue weighted by atomic mass is 19.1. The van der Waals surface area contributed by atoms with Crippen LogP contribution in [-0.4, -0.2) is 20.3 Å². The molecule has 0 unspecified atom stereocenters. The molecule has 0 amide bonds. The SMILES string of the molecule is COCCNc1c(F)cc(C#N)cc1F. The lowest BCUT2D eigenvalue weighted by Crippen LogP contribution is -2.10. The summed E-state index contributed by atoms with van der Waals surface area (Å²) in [5, 5.41) is 11.0. The molecule has 5 heteroatoms. The van der Waals surface area contributed by atoms with E-state index in [1.807, 2.05) is 0 Å². The summed E-state index contributed by atoms with van der Waals surface area (Å²) in [6, 6.07) is 3.64. The van der Waals surface area contributed by atoms with E-state index in [0.29, 0.717) is 13.2 Å². The first-order valence-corrected chi connectivity index (χ1v) is 4.31. The molecule has 0 aromatic heterocycles. The summed E-state index contributed by atoms with van der Waals surface area (Å²) in [7, 11) is 1.49. The number of nitriles is 1. The first-order valence-electron chi connectivity index (χ1n) is 4.31. The fourth-order valence-electron chi connectivity index (χ4n) is 1.08. The van der Waals surface area contributed by atoms with Crippen LogP contribution in [0.1, 0.15) is 5.56 Å². The van der Waals surface area contributed by atoms with Crippen molar-refractivity contribution in [1.29, 1.82) is 5.26 Å². The van der Waals surface area contributed by atoms with E-state index in [4.69, 9.17) is 10.00 Å². The van der Waals surface area contributed by atoms with Crippen molar-refractivity contribution in [3.63, 3.8) is 0 Å². The third-order valence-electron chi connectivity index (χ3n) is 1.78. The molecule has 1 N–H and O–H groups in total. The molecule has 0 saturated heterocycles. The number of benzene rings is 1. The zero-order valence-electron chi connectivity index (χ0n) is 8.18. The number of nitrogens with one attached hydrogen (secondary N) is 1. The van der Waals surface area contributed by atoms with Gasteiger partial charge in [-0.25, -0.2) is 8.78 Å². The van der Waals surface area contributed by atoms with Crippen LogP contribution in [0.25, 0.3) is 0 Å². The van der Waals surface area contributed by atoms with E-state index < -0.39 is 11.6 Å². The minimum absolute atomic E-state index is 0.0395. The van der Waals surface area contributed by atoms with E-state index in [1.54, 1.807) is 6.07 Å². The zero-order chi connectivity index (χ0) is 11.3. The standard InChI is InChI=1S/C10H10F2N2O/c1-15-3-2-14-10-8(11)4-7(6-13)5-9(10)12/h4-5,14H,2-3H2,1H3. The van der Waals surface area contributed by atoms with Gasteiger partial charge in [-0.1, -0.05) is 0 Å². The third-order valence-corrected chi connectivity index (χ3v) is 1.78. The number of anilines is 1. The van der Waals surface area contributed by atoms with Gasteiger partial charge in [0.25, 0.3) is 0 Å². The molecule has 1 rings (SSSR count). The second-order valence-electron chi connectivity index (χ2n) is 2.85. The fraction of sp³-hybridized carbons (Fsp3) is 0.300. The average Bonchev–Trinajstić information content (AvgIpc) is 2.22. The van der Waals surface area contributed by atoms with E-state index in [9.17, 15) is 8.78 Å². The minimum Gasteiger partial charge on any atom is -0.383 e. The predicted molar refractivity (Wildman–Crippen MR) is 51.4 cm³/mol. The number of rotatable bonds is 4. The fourth-order valence-corrected chi connectivity index (χ4v) is 1.08. The molecule has 0 aliphatic rings. The van der Waals surface area contributed by atoms with E-state index >= 15 is 0 Å². The molecule has 0 spiro atoms. The molecular weight excluding hydrogens is 202 g/mol. The molecule has 0 heterocycles. The first kappa shape index (κ1) is 11.4. The molecule has 0 fully saturated rings. The van der Waals surface area contributed by atoms with Gasteiger partial charge in [0.1, 0.15) is 5.69 Å². The Kier molecular flexibility index (Phi) is 4.01. The lowest BCUT2D eigenvalue weighted by molar-refractivity contribution is 0.210. The summed E-state index contributed by atoms with van der Waals surface area (Å²) in [6.45, 7) is 0.648. The van der Waals surface area contributed by atoms with Gasteiger partial charge in [-0.3, -0.25) is 0 Å². The number of methoxy groups -OCH3 is 1. The Hall–Kier alpha value is -1.67. The van der Waals surface area contributed by atoms with Gasteiger partial charge in [0.05, 0.1) is 18.2 Å². The number of nitrogens with zero attached hydrogens (tertiary/aromatic N) is 1. The molecule has 80 valence electrons. The molecule has 0 bridgehead atoms. The molecular formula is C10H10F2N2O. The average molecular weight is 212 g/mol. The summed E-state index contributed by atoms with van der Waals surface area (Å²) < 4.78 is 31.2. The van der Waals surface area contributed by atoms with Crippen LogP contribution in [-0.2, 0) is 4.74 Å². The van der Waals surface area contributed by atoms with Crippen LogP contribution >= 0.6 is 0 Å². The van der Waals surface area contributed by atoms with Crippen LogP contribution in [0.2, 0.25) is 0 Å². The van der Waals surface area contributed by atoms with Crippen molar-refractivity contribution in [2.75, 3.05) is 25.6 Å². The largest absolute Gasteiger partial charge is 0.383 e.